The number of nitrogens with one attached hydrogen (secondary N) is 1. The molecule has 1 aliphatic heterocycles. The first-order valence-corrected chi connectivity index (χ1v) is 8.08. The van der Waals surface area contributed by atoms with E-state index >= 15 is 0 Å². The van der Waals surface area contributed by atoms with Crippen molar-refractivity contribution in [3.8, 4) is 17.2 Å². The van der Waals surface area contributed by atoms with Crippen molar-refractivity contribution in [2.75, 3.05) is 5.32 Å². The molecule has 0 bridgehead atoms. The Balaban J connectivity index is 1.43. The van der Waals surface area contributed by atoms with Crippen LogP contribution in [0, 0.1) is 0 Å². The summed E-state index contributed by atoms with van der Waals surface area (Å²) in [5.41, 5.74) is 1.26. The number of carbonyl (C=O) groups is 1. The molecule has 0 atom stereocenters. The SMILES string of the molecule is O=C(Cc1ccc(O)cn1)Nc1ccc2c(c1)OC1(CCCC1)O2. The molecule has 4 rings (SSSR count). The third-order valence-electron chi connectivity index (χ3n) is 4.34. The number of aromatic hydroxyl groups is 1. The predicted molar refractivity (Wildman–Crippen MR) is 87.1 cm³/mol. The van der Waals surface area contributed by atoms with E-state index in [1.807, 2.05) is 6.07 Å². The molecule has 2 aromatic rings. The molecule has 2 aliphatic rings. The maximum Gasteiger partial charge on any atom is 0.251 e. The fourth-order valence-corrected chi connectivity index (χ4v) is 3.18. The lowest BCUT2D eigenvalue weighted by molar-refractivity contribution is -0.115. The van der Waals surface area contributed by atoms with Crippen LogP contribution in [0.5, 0.6) is 17.2 Å². The number of pyridine rings is 1. The minimum atomic E-state index is -0.499. The molecule has 1 aromatic carbocycles. The average Bonchev–Trinajstić information content (AvgIpc) is 3.15. The zero-order valence-electron chi connectivity index (χ0n) is 13.1. The molecule has 1 fully saturated rings. The van der Waals surface area contributed by atoms with E-state index < -0.39 is 5.79 Å². The zero-order valence-corrected chi connectivity index (χ0v) is 13.1. The summed E-state index contributed by atoms with van der Waals surface area (Å²) in [6, 6.07) is 8.56. The van der Waals surface area contributed by atoms with Crippen LogP contribution in [0.3, 0.4) is 0 Å². The van der Waals surface area contributed by atoms with Gasteiger partial charge in [-0.25, -0.2) is 0 Å². The lowest BCUT2D eigenvalue weighted by Gasteiger charge is -2.21. The molecule has 0 radical (unpaired) electrons. The third kappa shape index (κ3) is 2.87. The van der Waals surface area contributed by atoms with Crippen molar-refractivity contribution in [3.63, 3.8) is 0 Å². The number of aromatic nitrogens is 1. The van der Waals surface area contributed by atoms with Gasteiger partial charge < -0.3 is 19.9 Å². The molecular weight excluding hydrogens is 308 g/mol. The highest BCUT2D eigenvalue weighted by atomic mass is 16.7. The van der Waals surface area contributed by atoms with Crippen LogP contribution in [-0.4, -0.2) is 21.8 Å². The Kier molecular flexibility index (Phi) is 3.52. The molecule has 0 unspecified atom stereocenters. The van der Waals surface area contributed by atoms with E-state index in [4.69, 9.17) is 9.47 Å². The first-order chi connectivity index (χ1) is 11.6. The Morgan fingerprint density at radius 2 is 1.96 bits per heavy atom. The van der Waals surface area contributed by atoms with Crippen LogP contribution < -0.4 is 14.8 Å². The van der Waals surface area contributed by atoms with Gasteiger partial charge in [0.15, 0.2) is 11.5 Å². The molecule has 24 heavy (non-hydrogen) atoms. The first-order valence-electron chi connectivity index (χ1n) is 8.08. The fraction of sp³-hybridized carbons (Fsp3) is 0.333. The highest BCUT2D eigenvalue weighted by Crippen LogP contribution is 2.47. The van der Waals surface area contributed by atoms with Crippen molar-refractivity contribution in [2.45, 2.75) is 37.9 Å². The highest BCUT2D eigenvalue weighted by molar-refractivity contribution is 5.92. The van der Waals surface area contributed by atoms with Gasteiger partial charge in [0.25, 0.3) is 5.79 Å². The highest BCUT2D eigenvalue weighted by Gasteiger charge is 2.44. The molecule has 124 valence electrons. The molecule has 6 heteroatoms. The van der Waals surface area contributed by atoms with Crippen LogP contribution in [0.25, 0.3) is 0 Å². The van der Waals surface area contributed by atoms with Gasteiger partial charge in [-0.05, 0) is 37.1 Å². The summed E-state index contributed by atoms with van der Waals surface area (Å²) in [6.45, 7) is 0. The summed E-state index contributed by atoms with van der Waals surface area (Å²) in [5.74, 6) is 0.812. The van der Waals surface area contributed by atoms with Gasteiger partial charge >= 0.3 is 0 Å². The summed E-state index contributed by atoms with van der Waals surface area (Å²) in [6.07, 6.45) is 5.48. The summed E-state index contributed by atoms with van der Waals surface area (Å²) in [4.78, 5) is 16.1. The lowest BCUT2D eigenvalue weighted by Crippen LogP contribution is -2.34. The minimum Gasteiger partial charge on any atom is -0.506 e. The van der Waals surface area contributed by atoms with Crippen LogP contribution in [0.15, 0.2) is 36.5 Å². The summed E-state index contributed by atoms with van der Waals surface area (Å²) >= 11 is 0. The average molecular weight is 326 g/mol. The van der Waals surface area contributed by atoms with E-state index in [1.54, 1.807) is 18.2 Å². The lowest BCUT2D eigenvalue weighted by atomic mass is 10.2. The number of ether oxygens (including phenoxy) is 2. The second kappa shape index (κ2) is 5.70. The molecule has 1 spiro atoms. The molecule has 2 N–H and O–H groups in total. The van der Waals surface area contributed by atoms with Crippen molar-refractivity contribution in [1.29, 1.82) is 0 Å². The Morgan fingerprint density at radius 1 is 1.17 bits per heavy atom. The Bertz CT molecular complexity index is 767. The molecule has 0 saturated heterocycles. The smallest absolute Gasteiger partial charge is 0.251 e. The van der Waals surface area contributed by atoms with Crippen molar-refractivity contribution in [1.82, 2.24) is 4.98 Å². The van der Waals surface area contributed by atoms with E-state index in [0.717, 1.165) is 31.4 Å². The number of anilines is 1. The molecule has 6 nitrogen and oxygen atoms in total. The number of fused-ring (bicyclic) bond motifs is 1. The van der Waals surface area contributed by atoms with Crippen LogP contribution in [0.4, 0.5) is 5.69 Å². The van der Waals surface area contributed by atoms with Gasteiger partial charge in [-0.15, -0.1) is 0 Å². The second-order valence-electron chi connectivity index (χ2n) is 6.22. The van der Waals surface area contributed by atoms with Crippen molar-refractivity contribution < 1.29 is 19.4 Å². The molecule has 1 saturated carbocycles. The van der Waals surface area contributed by atoms with E-state index in [9.17, 15) is 9.90 Å². The summed E-state index contributed by atoms with van der Waals surface area (Å²) < 4.78 is 11.9. The van der Waals surface area contributed by atoms with Gasteiger partial charge in [-0.3, -0.25) is 9.78 Å². The molecule has 1 aliphatic carbocycles. The summed E-state index contributed by atoms with van der Waals surface area (Å²) in [5, 5.41) is 12.1. The van der Waals surface area contributed by atoms with Crippen LogP contribution in [0.2, 0.25) is 0 Å². The third-order valence-corrected chi connectivity index (χ3v) is 4.34. The first kappa shape index (κ1) is 14.8. The quantitative estimate of drug-likeness (QED) is 0.906. The largest absolute Gasteiger partial charge is 0.506 e. The Hall–Kier alpha value is -2.76. The van der Waals surface area contributed by atoms with Crippen LogP contribution in [-0.2, 0) is 11.2 Å². The minimum absolute atomic E-state index is 0.0794. The fourth-order valence-electron chi connectivity index (χ4n) is 3.18. The van der Waals surface area contributed by atoms with E-state index in [0.29, 0.717) is 17.1 Å². The topological polar surface area (TPSA) is 80.7 Å². The molecular formula is C18H18N2O4. The number of rotatable bonds is 3. The van der Waals surface area contributed by atoms with Gasteiger partial charge in [0, 0.05) is 30.3 Å². The second-order valence-corrected chi connectivity index (χ2v) is 6.22. The standard InChI is InChI=1S/C18H18N2O4/c21-14-5-3-12(19-11-14)10-17(22)20-13-4-6-15-16(9-13)24-18(23-15)7-1-2-8-18/h3-6,9,11,21H,1-2,7-8,10H2,(H,20,22). The molecule has 1 aromatic heterocycles. The number of hydrogen-bond acceptors (Lipinski definition) is 5. The number of carbonyl (C=O) groups excluding carboxylic acids is 1. The molecule has 1 amide bonds. The van der Waals surface area contributed by atoms with E-state index in [1.165, 1.54) is 12.3 Å². The Morgan fingerprint density at radius 3 is 2.71 bits per heavy atom. The zero-order chi connectivity index (χ0) is 16.6. The Labute approximate surface area is 139 Å². The molecule has 2 heterocycles. The number of benzene rings is 1. The van der Waals surface area contributed by atoms with Gasteiger partial charge in [-0.2, -0.15) is 0 Å². The maximum absolute atomic E-state index is 12.1. The maximum atomic E-state index is 12.1. The van der Waals surface area contributed by atoms with Crippen LogP contribution >= 0.6 is 0 Å². The van der Waals surface area contributed by atoms with Crippen LogP contribution in [0.1, 0.15) is 31.4 Å². The number of hydrogen-bond donors (Lipinski definition) is 2. The van der Waals surface area contributed by atoms with Gasteiger partial charge in [0.05, 0.1) is 12.6 Å². The normalized spacial score (nSPS) is 17.2. The van der Waals surface area contributed by atoms with Crippen molar-refractivity contribution in [2.24, 2.45) is 0 Å². The van der Waals surface area contributed by atoms with Gasteiger partial charge in [-0.1, -0.05) is 0 Å². The van der Waals surface area contributed by atoms with E-state index in [-0.39, 0.29) is 18.1 Å². The number of amides is 1. The van der Waals surface area contributed by atoms with E-state index in [2.05, 4.69) is 10.3 Å². The van der Waals surface area contributed by atoms with Gasteiger partial charge in [0.2, 0.25) is 5.91 Å². The van der Waals surface area contributed by atoms with Crippen molar-refractivity contribution >= 4 is 11.6 Å². The van der Waals surface area contributed by atoms with Gasteiger partial charge in [0.1, 0.15) is 5.75 Å². The predicted octanol–water partition coefficient (Wildman–Crippen LogP) is 3.01. The number of nitrogens with zero attached hydrogens (tertiary/aromatic N) is 1. The van der Waals surface area contributed by atoms with Crippen molar-refractivity contribution in [3.05, 3.63) is 42.2 Å². The monoisotopic (exact) mass is 326 g/mol. The summed E-state index contributed by atoms with van der Waals surface area (Å²) in [7, 11) is 0.